The number of nitrogens with zero attached hydrogens (tertiary/aromatic N) is 4. The van der Waals surface area contributed by atoms with Crippen molar-refractivity contribution in [3.05, 3.63) is 65.0 Å². The zero-order valence-electron chi connectivity index (χ0n) is 10.4. The Morgan fingerprint density at radius 3 is 2.60 bits per heavy atom. The van der Waals surface area contributed by atoms with Crippen LogP contribution in [0.4, 0.5) is 0 Å². The number of hydrogen-bond donors (Lipinski definition) is 0. The van der Waals surface area contributed by atoms with Crippen LogP contribution in [0.3, 0.4) is 0 Å². The quantitative estimate of drug-likeness (QED) is 0.724. The molecular weight excluding hydrogens is 316 g/mol. The van der Waals surface area contributed by atoms with Gasteiger partial charge in [-0.1, -0.05) is 15.9 Å². The van der Waals surface area contributed by atoms with E-state index in [0.29, 0.717) is 5.69 Å². The van der Waals surface area contributed by atoms with Gasteiger partial charge in [-0.25, -0.2) is 4.68 Å². The van der Waals surface area contributed by atoms with Gasteiger partial charge in [0.2, 0.25) is 0 Å². The third-order valence-electron chi connectivity index (χ3n) is 2.85. The molecule has 1 aromatic carbocycles. The molecule has 5 heteroatoms. The molecule has 0 spiro atoms. The maximum absolute atomic E-state index is 9.06. The van der Waals surface area contributed by atoms with E-state index >= 15 is 0 Å². The number of nitriles is 1. The normalized spacial score (nSPS) is 10.2. The van der Waals surface area contributed by atoms with Gasteiger partial charge in [-0.05, 0) is 36.4 Å². The number of rotatable bonds is 2. The Morgan fingerprint density at radius 2 is 1.95 bits per heavy atom. The number of pyridine rings is 1. The molecule has 0 aliphatic carbocycles. The molecule has 0 aliphatic rings. The molecule has 0 fully saturated rings. The van der Waals surface area contributed by atoms with E-state index < -0.39 is 0 Å². The van der Waals surface area contributed by atoms with Crippen molar-refractivity contribution in [2.24, 2.45) is 0 Å². The summed E-state index contributed by atoms with van der Waals surface area (Å²) >= 11 is 3.41. The highest BCUT2D eigenvalue weighted by molar-refractivity contribution is 9.10. The number of halogens is 1. The van der Waals surface area contributed by atoms with Crippen LogP contribution in [-0.2, 0) is 0 Å². The summed E-state index contributed by atoms with van der Waals surface area (Å²) in [5.41, 5.74) is 3.04. The van der Waals surface area contributed by atoms with E-state index in [1.165, 1.54) is 0 Å². The van der Waals surface area contributed by atoms with E-state index in [-0.39, 0.29) is 0 Å². The Morgan fingerprint density at radius 1 is 1.15 bits per heavy atom. The summed E-state index contributed by atoms with van der Waals surface area (Å²) in [7, 11) is 0. The van der Waals surface area contributed by atoms with Gasteiger partial charge in [0.15, 0.2) is 5.69 Å². The van der Waals surface area contributed by atoms with E-state index in [0.717, 1.165) is 21.4 Å². The fourth-order valence-electron chi connectivity index (χ4n) is 1.93. The Hall–Kier alpha value is -2.45. The maximum atomic E-state index is 9.06. The largest absolute Gasteiger partial charge is 0.264 e. The molecule has 0 atom stereocenters. The van der Waals surface area contributed by atoms with Crippen LogP contribution in [0.2, 0.25) is 0 Å². The lowest BCUT2D eigenvalue weighted by Gasteiger charge is -2.07. The average molecular weight is 325 g/mol. The Kier molecular flexibility index (Phi) is 3.32. The van der Waals surface area contributed by atoms with Gasteiger partial charge in [-0.2, -0.15) is 10.4 Å². The molecule has 4 nitrogen and oxygen atoms in total. The van der Waals surface area contributed by atoms with Gasteiger partial charge in [0, 0.05) is 28.5 Å². The smallest absolute Gasteiger partial charge is 0.163 e. The minimum absolute atomic E-state index is 0.381. The van der Waals surface area contributed by atoms with Gasteiger partial charge in [0.25, 0.3) is 0 Å². The van der Waals surface area contributed by atoms with Gasteiger partial charge in [-0.3, -0.25) is 4.98 Å². The average Bonchev–Trinajstić information content (AvgIpc) is 2.93. The lowest BCUT2D eigenvalue weighted by atomic mass is 10.2. The number of benzene rings is 1. The third-order valence-corrected chi connectivity index (χ3v) is 3.38. The predicted octanol–water partition coefficient (Wildman–Crippen LogP) is 3.57. The van der Waals surface area contributed by atoms with Crippen molar-refractivity contribution in [1.29, 1.82) is 5.26 Å². The Balaban J connectivity index is 2.18. The van der Waals surface area contributed by atoms with Crippen LogP contribution in [0.1, 0.15) is 5.69 Å². The summed E-state index contributed by atoms with van der Waals surface area (Å²) in [4.78, 5) is 4.11. The number of hydrogen-bond acceptors (Lipinski definition) is 3. The first-order chi connectivity index (χ1) is 9.78. The van der Waals surface area contributed by atoms with Crippen molar-refractivity contribution in [3.8, 4) is 23.0 Å². The van der Waals surface area contributed by atoms with E-state index in [9.17, 15) is 0 Å². The van der Waals surface area contributed by atoms with Gasteiger partial charge in [0.1, 0.15) is 6.07 Å². The maximum Gasteiger partial charge on any atom is 0.163 e. The molecule has 0 radical (unpaired) electrons. The van der Waals surface area contributed by atoms with Crippen molar-refractivity contribution in [3.63, 3.8) is 0 Å². The van der Waals surface area contributed by atoms with Crippen LogP contribution >= 0.6 is 15.9 Å². The second-order valence-electron chi connectivity index (χ2n) is 4.16. The summed E-state index contributed by atoms with van der Waals surface area (Å²) in [5, 5.41) is 13.4. The van der Waals surface area contributed by atoms with Crippen LogP contribution in [-0.4, -0.2) is 14.8 Å². The third kappa shape index (κ3) is 2.33. The minimum Gasteiger partial charge on any atom is -0.264 e. The molecule has 96 valence electrons. The van der Waals surface area contributed by atoms with Gasteiger partial charge in [-0.15, -0.1) is 0 Å². The van der Waals surface area contributed by atoms with Crippen LogP contribution in [0.5, 0.6) is 0 Å². The summed E-state index contributed by atoms with van der Waals surface area (Å²) in [6.07, 6.45) is 3.47. The molecule has 0 aliphatic heterocycles. The predicted molar refractivity (Wildman–Crippen MR) is 79.2 cm³/mol. The Bertz CT molecular complexity index is 770. The fourth-order valence-corrected chi connectivity index (χ4v) is 2.20. The molecule has 0 N–H and O–H groups in total. The lowest BCUT2D eigenvalue weighted by molar-refractivity contribution is 0.879. The van der Waals surface area contributed by atoms with Crippen LogP contribution in [0, 0.1) is 11.3 Å². The fraction of sp³-hybridized carbons (Fsp3) is 0. The molecule has 0 saturated carbocycles. The van der Waals surface area contributed by atoms with Crippen LogP contribution in [0.15, 0.2) is 59.3 Å². The van der Waals surface area contributed by atoms with Crippen molar-refractivity contribution >= 4 is 15.9 Å². The first-order valence-corrected chi connectivity index (χ1v) is 6.74. The lowest BCUT2D eigenvalue weighted by Crippen LogP contribution is -1.99. The van der Waals surface area contributed by atoms with E-state index in [4.69, 9.17) is 5.26 Å². The Labute approximate surface area is 124 Å². The zero-order chi connectivity index (χ0) is 13.9. The molecule has 0 saturated heterocycles. The minimum atomic E-state index is 0.381. The van der Waals surface area contributed by atoms with Gasteiger partial charge < -0.3 is 0 Å². The highest BCUT2D eigenvalue weighted by Crippen LogP contribution is 2.24. The summed E-state index contributed by atoms with van der Waals surface area (Å²) < 4.78 is 2.75. The van der Waals surface area contributed by atoms with E-state index in [1.54, 1.807) is 23.1 Å². The zero-order valence-corrected chi connectivity index (χ0v) is 11.9. The molecular formula is C15H9BrN4. The summed E-state index contributed by atoms with van der Waals surface area (Å²) in [6.45, 7) is 0. The van der Waals surface area contributed by atoms with Crippen LogP contribution < -0.4 is 0 Å². The molecule has 0 bridgehead atoms. The molecule has 0 amide bonds. The number of aromatic nitrogens is 3. The SMILES string of the molecule is N#Cc1cc(-c2cccnc2)n(-c2ccc(Br)cc2)n1. The molecule has 3 aromatic rings. The second kappa shape index (κ2) is 5.27. The molecule has 0 unspecified atom stereocenters. The van der Waals surface area contributed by atoms with Gasteiger partial charge >= 0.3 is 0 Å². The van der Waals surface area contributed by atoms with Gasteiger partial charge in [0.05, 0.1) is 11.4 Å². The first kappa shape index (κ1) is 12.6. The summed E-state index contributed by atoms with van der Waals surface area (Å²) in [6, 6.07) is 15.4. The first-order valence-electron chi connectivity index (χ1n) is 5.94. The highest BCUT2D eigenvalue weighted by atomic mass is 79.9. The van der Waals surface area contributed by atoms with Crippen molar-refractivity contribution in [2.45, 2.75) is 0 Å². The topological polar surface area (TPSA) is 54.5 Å². The molecule has 3 rings (SSSR count). The van der Waals surface area contributed by atoms with Crippen molar-refractivity contribution in [1.82, 2.24) is 14.8 Å². The summed E-state index contributed by atoms with van der Waals surface area (Å²) in [5.74, 6) is 0. The molecule has 20 heavy (non-hydrogen) atoms. The highest BCUT2D eigenvalue weighted by Gasteiger charge is 2.11. The van der Waals surface area contributed by atoms with Crippen molar-refractivity contribution in [2.75, 3.05) is 0 Å². The standard InChI is InChI=1S/C15H9BrN4/c16-12-3-5-14(6-4-12)20-15(8-13(9-17)19-20)11-2-1-7-18-10-11/h1-8,10H. The second-order valence-corrected chi connectivity index (χ2v) is 5.07. The van der Waals surface area contributed by atoms with Crippen LogP contribution in [0.25, 0.3) is 16.9 Å². The van der Waals surface area contributed by atoms with E-state index in [1.807, 2.05) is 36.4 Å². The van der Waals surface area contributed by atoms with Crippen molar-refractivity contribution < 1.29 is 0 Å². The molecule has 2 heterocycles. The molecule has 2 aromatic heterocycles. The monoisotopic (exact) mass is 324 g/mol. The van der Waals surface area contributed by atoms with E-state index in [2.05, 4.69) is 32.1 Å².